The first-order valence-corrected chi connectivity index (χ1v) is 5.48. The Morgan fingerprint density at radius 3 is 2.24 bits per heavy atom. The van der Waals surface area contributed by atoms with E-state index in [-0.39, 0.29) is 12.3 Å². The van der Waals surface area contributed by atoms with E-state index in [4.69, 9.17) is 16.7 Å². The van der Waals surface area contributed by atoms with Crippen LogP contribution in [-0.2, 0) is 9.59 Å². The monoisotopic (exact) mass is 255 g/mol. The maximum atomic E-state index is 11.5. The summed E-state index contributed by atoms with van der Waals surface area (Å²) < 4.78 is 0. The second-order valence-electron chi connectivity index (χ2n) is 3.93. The Kier molecular flexibility index (Phi) is 4.52. The first kappa shape index (κ1) is 13.5. The minimum atomic E-state index is -1.01. The summed E-state index contributed by atoms with van der Waals surface area (Å²) in [5, 5.41) is 9.66. The second-order valence-corrected chi connectivity index (χ2v) is 4.37. The van der Waals surface area contributed by atoms with Gasteiger partial charge in [-0.1, -0.05) is 23.7 Å². The van der Waals surface area contributed by atoms with Crippen LogP contribution in [0.2, 0.25) is 5.02 Å². The average molecular weight is 256 g/mol. The summed E-state index contributed by atoms with van der Waals surface area (Å²) in [7, 11) is 3.20. The molecule has 4 nitrogen and oxygen atoms in total. The second kappa shape index (κ2) is 5.68. The van der Waals surface area contributed by atoms with Crippen molar-refractivity contribution < 1.29 is 14.7 Å². The molecule has 1 aromatic carbocycles. The van der Waals surface area contributed by atoms with E-state index < -0.39 is 11.9 Å². The standard InChI is InChI=1S/C12H14ClNO3/c1-14(2)11(15)7-10(12(16)17)8-3-5-9(13)6-4-8/h3-6,10H,7H2,1-2H3,(H,16,17). The molecule has 92 valence electrons. The fourth-order valence-corrected chi connectivity index (χ4v) is 1.53. The summed E-state index contributed by atoms with van der Waals surface area (Å²) in [6.45, 7) is 0. The van der Waals surface area contributed by atoms with Gasteiger partial charge in [0.1, 0.15) is 0 Å². The number of aliphatic carboxylic acids is 1. The van der Waals surface area contributed by atoms with Crippen LogP contribution in [0.25, 0.3) is 0 Å². The maximum absolute atomic E-state index is 11.5. The van der Waals surface area contributed by atoms with E-state index in [1.165, 1.54) is 4.90 Å². The summed E-state index contributed by atoms with van der Waals surface area (Å²) in [5.74, 6) is -2.06. The third-order valence-electron chi connectivity index (χ3n) is 2.45. The lowest BCUT2D eigenvalue weighted by molar-refractivity contribution is -0.142. The summed E-state index contributed by atoms with van der Waals surface area (Å²) in [6.07, 6.45) is -0.0516. The Bertz CT molecular complexity index is 414. The first-order valence-electron chi connectivity index (χ1n) is 5.10. The van der Waals surface area contributed by atoms with Crippen molar-refractivity contribution in [1.29, 1.82) is 0 Å². The lowest BCUT2D eigenvalue weighted by Crippen LogP contribution is -2.26. The molecule has 0 bridgehead atoms. The quantitative estimate of drug-likeness (QED) is 0.895. The molecule has 1 rings (SSSR count). The van der Waals surface area contributed by atoms with E-state index in [9.17, 15) is 9.59 Å². The van der Waals surface area contributed by atoms with Crippen molar-refractivity contribution in [2.75, 3.05) is 14.1 Å². The van der Waals surface area contributed by atoms with E-state index in [2.05, 4.69) is 0 Å². The molecular weight excluding hydrogens is 242 g/mol. The normalized spacial score (nSPS) is 11.9. The number of carbonyl (C=O) groups excluding carboxylic acids is 1. The van der Waals surface area contributed by atoms with Crippen LogP contribution >= 0.6 is 11.6 Å². The minimum Gasteiger partial charge on any atom is -0.481 e. The minimum absolute atomic E-state index is 0.0516. The van der Waals surface area contributed by atoms with Gasteiger partial charge in [-0.05, 0) is 17.7 Å². The van der Waals surface area contributed by atoms with Crippen molar-refractivity contribution in [2.45, 2.75) is 12.3 Å². The average Bonchev–Trinajstić information content (AvgIpc) is 2.26. The van der Waals surface area contributed by atoms with Crippen LogP contribution < -0.4 is 0 Å². The number of amides is 1. The van der Waals surface area contributed by atoms with Crippen molar-refractivity contribution >= 4 is 23.5 Å². The zero-order chi connectivity index (χ0) is 13.0. The summed E-state index contributed by atoms with van der Waals surface area (Å²) in [5.41, 5.74) is 0.581. The van der Waals surface area contributed by atoms with Gasteiger partial charge in [-0.15, -0.1) is 0 Å². The Morgan fingerprint density at radius 1 is 1.29 bits per heavy atom. The fourth-order valence-electron chi connectivity index (χ4n) is 1.40. The largest absolute Gasteiger partial charge is 0.481 e. The molecule has 0 saturated carbocycles. The van der Waals surface area contributed by atoms with Crippen molar-refractivity contribution in [2.24, 2.45) is 0 Å². The number of nitrogens with zero attached hydrogens (tertiary/aromatic N) is 1. The van der Waals surface area contributed by atoms with Gasteiger partial charge in [0.15, 0.2) is 0 Å². The Balaban J connectivity index is 2.90. The molecule has 0 aromatic heterocycles. The van der Waals surface area contributed by atoms with Crippen LogP contribution in [0.3, 0.4) is 0 Å². The van der Waals surface area contributed by atoms with Crippen LogP contribution in [0.5, 0.6) is 0 Å². The van der Waals surface area contributed by atoms with Gasteiger partial charge < -0.3 is 10.0 Å². The number of rotatable bonds is 4. The van der Waals surface area contributed by atoms with Gasteiger partial charge >= 0.3 is 5.97 Å². The Morgan fingerprint density at radius 2 is 1.82 bits per heavy atom. The predicted molar refractivity (Wildman–Crippen MR) is 65.1 cm³/mol. The molecule has 1 aromatic rings. The first-order chi connectivity index (χ1) is 7.91. The smallest absolute Gasteiger partial charge is 0.311 e. The highest BCUT2D eigenvalue weighted by atomic mass is 35.5. The molecule has 17 heavy (non-hydrogen) atoms. The molecule has 0 fully saturated rings. The topological polar surface area (TPSA) is 57.6 Å². The lowest BCUT2D eigenvalue weighted by atomic mass is 9.95. The fraction of sp³-hybridized carbons (Fsp3) is 0.333. The molecule has 1 unspecified atom stereocenters. The summed E-state index contributed by atoms with van der Waals surface area (Å²) in [4.78, 5) is 24.1. The molecular formula is C12H14ClNO3. The highest BCUT2D eigenvalue weighted by Gasteiger charge is 2.23. The molecule has 0 radical (unpaired) electrons. The van der Waals surface area contributed by atoms with Gasteiger partial charge in [-0.25, -0.2) is 0 Å². The van der Waals surface area contributed by atoms with Gasteiger partial charge in [0.25, 0.3) is 0 Å². The van der Waals surface area contributed by atoms with Crippen LogP contribution in [0, 0.1) is 0 Å². The molecule has 0 aliphatic rings. The summed E-state index contributed by atoms with van der Waals surface area (Å²) in [6, 6.07) is 6.49. The molecule has 0 saturated heterocycles. The highest BCUT2D eigenvalue weighted by Crippen LogP contribution is 2.22. The van der Waals surface area contributed by atoms with E-state index in [1.54, 1.807) is 38.4 Å². The van der Waals surface area contributed by atoms with Crippen molar-refractivity contribution in [3.05, 3.63) is 34.9 Å². The number of halogens is 1. The highest BCUT2D eigenvalue weighted by molar-refractivity contribution is 6.30. The van der Waals surface area contributed by atoms with Gasteiger partial charge in [-0.3, -0.25) is 9.59 Å². The van der Waals surface area contributed by atoms with Crippen molar-refractivity contribution in [1.82, 2.24) is 4.90 Å². The number of carboxylic acid groups (broad SMARTS) is 1. The molecule has 1 N–H and O–H groups in total. The number of hydrogen-bond donors (Lipinski definition) is 1. The van der Waals surface area contributed by atoms with Gasteiger partial charge in [0.2, 0.25) is 5.91 Å². The number of hydrogen-bond acceptors (Lipinski definition) is 2. The molecule has 1 amide bonds. The van der Waals surface area contributed by atoms with Gasteiger partial charge in [0.05, 0.1) is 5.92 Å². The number of carbonyl (C=O) groups is 2. The van der Waals surface area contributed by atoms with Crippen molar-refractivity contribution in [3.8, 4) is 0 Å². The SMILES string of the molecule is CN(C)C(=O)CC(C(=O)O)c1ccc(Cl)cc1. The zero-order valence-electron chi connectivity index (χ0n) is 9.68. The molecule has 5 heteroatoms. The third-order valence-corrected chi connectivity index (χ3v) is 2.70. The molecule has 0 aliphatic heterocycles. The third kappa shape index (κ3) is 3.75. The van der Waals surface area contributed by atoms with Crippen LogP contribution in [0.15, 0.2) is 24.3 Å². The Labute approximate surface area is 105 Å². The lowest BCUT2D eigenvalue weighted by Gasteiger charge is -2.15. The predicted octanol–water partition coefficient (Wildman–Crippen LogP) is 1.99. The van der Waals surface area contributed by atoms with Crippen LogP contribution in [0.1, 0.15) is 17.9 Å². The van der Waals surface area contributed by atoms with E-state index >= 15 is 0 Å². The summed E-state index contributed by atoms with van der Waals surface area (Å²) >= 11 is 5.73. The van der Waals surface area contributed by atoms with Gasteiger partial charge in [0, 0.05) is 25.5 Å². The molecule has 0 aliphatic carbocycles. The van der Waals surface area contributed by atoms with E-state index in [1.807, 2.05) is 0 Å². The van der Waals surface area contributed by atoms with Crippen LogP contribution in [0.4, 0.5) is 0 Å². The van der Waals surface area contributed by atoms with Gasteiger partial charge in [-0.2, -0.15) is 0 Å². The van der Waals surface area contributed by atoms with E-state index in [0.29, 0.717) is 10.6 Å². The Hall–Kier alpha value is -1.55. The molecule has 1 atom stereocenters. The number of carboxylic acids is 1. The number of benzene rings is 1. The van der Waals surface area contributed by atoms with E-state index in [0.717, 1.165) is 0 Å². The van der Waals surface area contributed by atoms with Crippen molar-refractivity contribution in [3.63, 3.8) is 0 Å². The molecule has 0 heterocycles. The van der Waals surface area contributed by atoms with Crippen LogP contribution in [-0.4, -0.2) is 36.0 Å². The maximum Gasteiger partial charge on any atom is 0.311 e. The molecule has 0 spiro atoms. The zero-order valence-corrected chi connectivity index (χ0v) is 10.4.